The maximum Gasteiger partial charge on any atom is 0.243 e. The Morgan fingerprint density at radius 2 is 1.77 bits per heavy atom. The normalized spacial score (nSPS) is 18.5. The van der Waals surface area contributed by atoms with Gasteiger partial charge in [0, 0.05) is 13.1 Å². The number of amides is 1. The van der Waals surface area contributed by atoms with Crippen molar-refractivity contribution in [3.8, 4) is 0 Å². The van der Waals surface area contributed by atoms with Gasteiger partial charge >= 0.3 is 0 Å². The monoisotopic (exact) mass is 380 g/mol. The number of hydrogen-bond donors (Lipinski definition) is 1. The van der Waals surface area contributed by atoms with Gasteiger partial charge in [-0.2, -0.15) is 4.31 Å². The molecule has 2 aromatic rings. The van der Waals surface area contributed by atoms with Crippen molar-refractivity contribution in [1.82, 2.24) is 4.31 Å². The van der Waals surface area contributed by atoms with Crippen LogP contribution in [0.5, 0.6) is 0 Å². The molecule has 1 heterocycles. The zero-order chi connectivity index (χ0) is 18.7. The number of nitrogens with one attached hydrogen (secondary N) is 1. The van der Waals surface area contributed by atoms with Gasteiger partial charge in [0.05, 0.1) is 16.5 Å². The first-order chi connectivity index (χ1) is 12.4. The first kappa shape index (κ1) is 18.5. The molecule has 1 N–H and O–H groups in total. The number of carbonyl (C=O) groups is 1. The van der Waals surface area contributed by atoms with Gasteiger partial charge in [-0.1, -0.05) is 12.1 Å². The standard InChI is InChI=1S/C18H18F2N2O3S/c19-14-7-9-15(10-8-14)26(24,25)22-11-3-4-13(12-22)18(23)21-17-6-2-1-5-16(17)20/h1-2,5-10,13H,3-4,11-12H2,(H,21,23)/t13-/m1/s1. The molecule has 26 heavy (non-hydrogen) atoms. The summed E-state index contributed by atoms with van der Waals surface area (Å²) < 4.78 is 53.3. The Hall–Kier alpha value is -2.32. The maximum absolute atomic E-state index is 13.7. The lowest BCUT2D eigenvalue weighted by Gasteiger charge is -2.31. The lowest BCUT2D eigenvalue weighted by Crippen LogP contribution is -2.43. The third kappa shape index (κ3) is 3.91. The Labute approximate surface area is 150 Å². The van der Waals surface area contributed by atoms with Gasteiger partial charge in [-0.25, -0.2) is 17.2 Å². The lowest BCUT2D eigenvalue weighted by molar-refractivity contribution is -0.120. The zero-order valence-electron chi connectivity index (χ0n) is 13.9. The van der Waals surface area contributed by atoms with Crippen LogP contribution in [0.3, 0.4) is 0 Å². The molecule has 5 nitrogen and oxygen atoms in total. The number of para-hydroxylation sites is 1. The molecule has 1 atom stereocenters. The van der Waals surface area contributed by atoms with E-state index < -0.39 is 33.5 Å². The van der Waals surface area contributed by atoms with Crippen molar-refractivity contribution in [3.05, 3.63) is 60.2 Å². The van der Waals surface area contributed by atoms with Crippen molar-refractivity contribution in [2.75, 3.05) is 18.4 Å². The summed E-state index contributed by atoms with van der Waals surface area (Å²) in [5, 5.41) is 2.51. The number of benzene rings is 2. The van der Waals surface area contributed by atoms with Gasteiger partial charge in [0.1, 0.15) is 11.6 Å². The molecule has 0 aliphatic carbocycles. The van der Waals surface area contributed by atoms with Crippen molar-refractivity contribution in [1.29, 1.82) is 0 Å². The first-order valence-electron chi connectivity index (χ1n) is 8.19. The summed E-state index contributed by atoms with van der Waals surface area (Å²) in [4.78, 5) is 12.4. The van der Waals surface area contributed by atoms with Crippen LogP contribution in [0.1, 0.15) is 12.8 Å². The van der Waals surface area contributed by atoms with E-state index in [-0.39, 0.29) is 23.7 Å². The number of nitrogens with zero attached hydrogens (tertiary/aromatic N) is 1. The van der Waals surface area contributed by atoms with E-state index >= 15 is 0 Å². The minimum Gasteiger partial charge on any atom is -0.323 e. The highest BCUT2D eigenvalue weighted by atomic mass is 32.2. The summed E-state index contributed by atoms with van der Waals surface area (Å²) in [6, 6.07) is 10.4. The van der Waals surface area contributed by atoms with Crippen LogP contribution in [-0.2, 0) is 14.8 Å². The Morgan fingerprint density at radius 3 is 2.46 bits per heavy atom. The number of sulfonamides is 1. The van der Waals surface area contributed by atoms with E-state index in [0.717, 1.165) is 12.1 Å². The fraction of sp³-hybridized carbons (Fsp3) is 0.278. The molecule has 138 valence electrons. The summed E-state index contributed by atoms with van der Waals surface area (Å²) in [5.41, 5.74) is 0.0658. The van der Waals surface area contributed by atoms with Crippen LogP contribution in [0.2, 0.25) is 0 Å². The van der Waals surface area contributed by atoms with E-state index in [0.29, 0.717) is 12.8 Å². The van der Waals surface area contributed by atoms with E-state index in [1.165, 1.54) is 34.6 Å². The highest BCUT2D eigenvalue weighted by molar-refractivity contribution is 7.89. The van der Waals surface area contributed by atoms with E-state index in [4.69, 9.17) is 0 Å². The molecular weight excluding hydrogens is 362 g/mol. The van der Waals surface area contributed by atoms with Gasteiger partial charge in [-0.15, -0.1) is 0 Å². The molecule has 0 aromatic heterocycles. The van der Waals surface area contributed by atoms with Crippen LogP contribution in [0.15, 0.2) is 53.4 Å². The predicted octanol–water partition coefficient (Wildman–Crippen LogP) is 3.00. The fourth-order valence-electron chi connectivity index (χ4n) is 2.93. The minimum absolute atomic E-state index is 0.00000425. The number of rotatable bonds is 4. The average Bonchev–Trinajstić information content (AvgIpc) is 2.64. The summed E-state index contributed by atoms with van der Waals surface area (Å²) in [6.07, 6.45) is 1.02. The average molecular weight is 380 g/mol. The van der Waals surface area contributed by atoms with Gasteiger partial charge in [0.15, 0.2) is 0 Å². The van der Waals surface area contributed by atoms with Crippen LogP contribution in [-0.4, -0.2) is 31.7 Å². The van der Waals surface area contributed by atoms with Gasteiger partial charge in [-0.05, 0) is 49.2 Å². The summed E-state index contributed by atoms with van der Waals surface area (Å²) in [7, 11) is -3.81. The smallest absolute Gasteiger partial charge is 0.243 e. The highest BCUT2D eigenvalue weighted by Crippen LogP contribution is 2.25. The van der Waals surface area contributed by atoms with Crippen molar-refractivity contribution in [2.45, 2.75) is 17.7 Å². The molecular formula is C18H18F2N2O3S. The summed E-state index contributed by atoms with van der Waals surface area (Å²) in [5.74, 6) is -2.08. The zero-order valence-corrected chi connectivity index (χ0v) is 14.7. The van der Waals surface area contributed by atoms with Crippen molar-refractivity contribution >= 4 is 21.6 Å². The molecule has 1 aliphatic heterocycles. The van der Waals surface area contributed by atoms with Crippen LogP contribution in [0.4, 0.5) is 14.5 Å². The van der Waals surface area contributed by atoms with E-state index in [9.17, 15) is 22.0 Å². The Bertz CT molecular complexity index is 901. The topological polar surface area (TPSA) is 66.5 Å². The van der Waals surface area contributed by atoms with Crippen LogP contribution in [0.25, 0.3) is 0 Å². The Kier molecular flexibility index (Phi) is 5.33. The SMILES string of the molecule is O=C(Nc1ccccc1F)[C@@H]1CCCN(S(=O)(=O)c2ccc(F)cc2)C1. The molecule has 0 unspecified atom stereocenters. The van der Waals surface area contributed by atoms with Gasteiger partial charge in [0.25, 0.3) is 0 Å². The predicted molar refractivity (Wildman–Crippen MR) is 92.9 cm³/mol. The molecule has 1 saturated heterocycles. The van der Waals surface area contributed by atoms with Crippen molar-refractivity contribution in [2.24, 2.45) is 5.92 Å². The number of piperidine rings is 1. The third-order valence-corrected chi connectivity index (χ3v) is 6.22. The minimum atomic E-state index is -3.81. The molecule has 0 bridgehead atoms. The van der Waals surface area contributed by atoms with Crippen LogP contribution < -0.4 is 5.32 Å². The second-order valence-corrected chi connectivity index (χ2v) is 8.06. The van der Waals surface area contributed by atoms with Gasteiger partial charge in [-0.3, -0.25) is 4.79 Å². The molecule has 0 radical (unpaired) electrons. The number of carbonyl (C=O) groups excluding carboxylic acids is 1. The molecule has 0 saturated carbocycles. The molecule has 2 aromatic carbocycles. The Morgan fingerprint density at radius 1 is 1.08 bits per heavy atom. The first-order valence-corrected chi connectivity index (χ1v) is 9.63. The second-order valence-electron chi connectivity index (χ2n) is 6.13. The summed E-state index contributed by atoms with van der Waals surface area (Å²) in [6.45, 7) is 0.281. The molecule has 0 spiro atoms. The lowest BCUT2D eigenvalue weighted by atomic mass is 9.98. The number of hydrogen-bond acceptors (Lipinski definition) is 3. The highest BCUT2D eigenvalue weighted by Gasteiger charge is 2.33. The largest absolute Gasteiger partial charge is 0.323 e. The van der Waals surface area contributed by atoms with Gasteiger partial charge < -0.3 is 5.32 Å². The molecule has 1 aliphatic rings. The maximum atomic E-state index is 13.7. The molecule has 3 rings (SSSR count). The molecule has 1 amide bonds. The van der Waals surface area contributed by atoms with E-state index in [1.807, 2.05) is 0 Å². The van der Waals surface area contributed by atoms with Crippen LogP contribution in [0, 0.1) is 17.6 Å². The van der Waals surface area contributed by atoms with Crippen LogP contribution >= 0.6 is 0 Å². The van der Waals surface area contributed by atoms with Gasteiger partial charge in [0.2, 0.25) is 15.9 Å². The second kappa shape index (κ2) is 7.51. The Balaban J connectivity index is 1.73. The third-order valence-electron chi connectivity index (χ3n) is 4.34. The number of anilines is 1. The van der Waals surface area contributed by atoms with E-state index in [2.05, 4.69) is 5.32 Å². The molecule has 1 fully saturated rings. The van der Waals surface area contributed by atoms with Crippen molar-refractivity contribution in [3.63, 3.8) is 0 Å². The quantitative estimate of drug-likeness (QED) is 0.887. The van der Waals surface area contributed by atoms with Crippen molar-refractivity contribution < 1.29 is 22.0 Å². The molecule has 8 heteroatoms. The van der Waals surface area contributed by atoms with E-state index in [1.54, 1.807) is 6.07 Å². The summed E-state index contributed by atoms with van der Waals surface area (Å²) >= 11 is 0. The number of halogens is 2. The fourth-order valence-corrected chi connectivity index (χ4v) is 4.45.